The molecule has 1 saturated heterocycles. The Morgan fingerprint density at radius 1 is 1.75 bits per heavy atom. The summed E-state index contributed by atoms with van der Waals surface area (Å²) in [4.78, 5) is 0. The van der Waals surface area contributed by atoms with Crippen LogP contribution in [-0.4, -0.2) is 33.0 Å². The van der Waals surface area contributed by atoms with Crippen LogP contribution in [0.5, 0.6) is 0 Å². The summed E-state index contributed by atoms with van der Waals surface area (Å²) in [5.74, 6) is 0.299. The van der Waals surface area contributed by atoms with Crippen molar-refractivity contribution in [2.45, 2.75) is 6.04 Å². The van der Waals surface area contributed by atoms with Crippen LogP contribution >= 0.6 is 0 Å². The van der Waals surface area contributed by atoms with Crippen molar-refractivity contribution in [1.29, 1.82) is 0 Å². The molecule has 4 heteroatoms. The molecule has 1 rings (SSSR count). The van der Waals surface area contributed by atoms with Gasteiger partial charge in [-0.1, -0.05) is 0 Å². The van der Waals surface area contributed by atoms with Gasteiger partial charge in [-0.15, -0.1) is 0 Å². The second kappa shape index (κ2) is 1.70. The lowest BCUT2D eigenvalue weighted by molar-refractivity contribution is 0.601. The second-order valence-electron chi connectivity index (χ2n) is 2.20. The minimum atomic E-state index is -2.72. The number of hydrogen-bond acceptors (Lipinski definition) is 3. The standard InChI is InChI=1S/C4H9NO2S/c1-8(6,7)3-4-2-5-4/h4-5H,2-3H2,1H3/t4-/m0/s1. The van der Waals surface area contributed by atoms with Gasteiger partial charge in [0.15, 0.2) is 0 Å². The molecule has 1 fully saturated rings. The Morgan fingerprint density at radius 3 is 2.38 bits per heavy atom. The first-order valence-electron chi connectivity index (χ1n) is 2.49. The topological polar surface area (TPSA) is 56.1 Å². The predicted molar refractivity (Wildman–Crippen MR) is 31.5 cm³/mol. The Kier molecular flexibility index (Phi) is 1.28. The second-order valence-corrected chi connectivity index (χ2v) is 4.38. The van der Waals surface area contributed by atoms with Gasteiger partial charge in [0.25, 0.3) is 0 Å². The summed E-state index contributed by atoms with van der Waals surface area (Å²) in [7, 11) is -2.72. The van der Waals surface area contributed by atoms with E-state index >= 15 is 0 Å². The van der Waals surface area contributed by atoms with E-state index in [9.17, 15) is 8.42 Å². The van der Waals surface area contributed by atoms with E-state index in [1.807, 2.05) is 0 Å². The Bertz CT molecular complexity index is 168. The molecule has 0 radical (unpaired) electrons. The van der Waals surface area contributed by atoms with E-state index < -0.39 is 9.84 Å². The van der Waals surface area contributed by atoms with Crippen LogP contribution in [0.3, 0.4) is 0 Å². The number of nitrogens with one attached hydrogen (secondary N) is 1. The third kappa shape index (κ3) is 2.28. The van der Waals surface area contributed by atoms with E-state index in [1.165, 1.54) is 6.26 Å². The molecule has 1 aliphatic heterocycles. The van der Waals surface area contributed by atoms with Crippen molar-refractivity contribution >= 4 is 9.84 Å². The summed E-state index contributed by atoms with van der Waals surface area (Å²) in [6.07, 6.45) is 1.26. The molecule has 0 aliphatic carbocycles. The van der Waals surface area contributed by atoms with Crippen LogP contribution in [0.15, 0.2) is 0 Å². The normalized spacial score (nSPS) is 27.9. The molecule has 0 saturated carbocycles. The monoisotopic (exact) mass is 135 g/mol. The summed E-state index contributed by atoms with van der Waals surface area (Å²) in [6.45, 7) is 0.868. The van der Waals surface area contributed by atoms with Crippen LogP contribution < -0.4 is 5.32 Å². The number of rotatable bonds is 2. The van der Waals surface area contributed by atoms with Gasteiger partial charge in [-0.05, 0) is 0 Å². The van der Waals surface area contributed by atoms with E-state index in [2.05, 4.69) is 5.32 Å². The molecule has 1 N–H and O–H groups in total. The van der Waals surface area contributed by atoms with E-state index in [4.69, 9.17) is 0 Å². The Labute approximate surface area is 49.0 Å². The Morgan fingerprint density at radius 2 is 2.25 bits per heavy atom. The fraction of sp³-hybridized carbons (Fsp3) is 1.00. The summed E-state index contributed by atoms with van der Waals surface area (Å²) in [6, 6.07) is 0.255. The lowest BCUT2D eigenvalue weighted by Gasteiger charge is -1.88. The smallest absolute Gasteiger partial charge is 0.149 e. The van der Waals surface area contributed by atoms with Gasteiger partial charge in [0.05, 0.1) is 5.75 Å². The fourth-order valence-electron chi connectivity index (χ4n) is 0.567. The highest BCUT2D eigenvalue weighted by Crippen LogP contribution is 1.99. The highest BCUT2D eigenvalue weighted by molar-refractivity contribution is 7.90. The highest BCUT2D eigenvalue weighted by atomic mass is 32.2. The first-order chi connectivity index (χ1) is 3.58. The molecule has 0 aromatic rings. The van der Waals surface area contributed by atoms with E-state index in [0.717, 1.165) is 6.54 Å². The van der Waals surface area contributed by atoms with Gasteiger partial charge in [0.2, 0.25) is 0 Å². The zero-order valence-electron chi connectivity index (χ0n) is 4.72. The Balaban J connectivity index is 2.38. The first kappa shape index (κ1) is 6.04. The molecule has 0 aromatic heterocycles. The maximum Gasteiger partial charge on any atom is 0.149 e. The summed E-state index contributed by atoms with van der Waals surface area (Å²) in [5.41, 5.74) is 0. The molecule has 3 nitrogen and oxygen atoms in total. The molecule has 0 spiro atoms. The molecule has 0 bridgehead atoms. The average molecular weight is 135 g/mol. The molecular formula is C4H9NO2S. The van der Waals surface area contributed by atoms with Crippen molar-refractivity contribution in [1.82, 2.24) is 5.32 Å². The zero-order valence-corrected chi connectivity index (χ0v) is 5.53. The maximum absolute atomic E-state index is 10.4. The SMILES string of the molecule is CS(=O)(=O)C[C@@H]1CN1. The van der Waals surface area contributed by atoms with Crippen molar-refractivity contribution < 1.29 is 8.42 Å². The quantitative estimate of drug-likeness (QED) is 0.494. The van der Waals surface area contributed by atoms with Crippen LogP contribution in [0, 0.1) is 0 Å². The van der Waals surface area contributed by atoms with Crippen LogP contribution in [0.25, 0.3) is 0 Å². The molecule has 48 valence electrons. The van der Waals surface area contributed by atoms with Gasteiger partial charge >= 0.3 is 0 Å². The van der Waals surface area contributed by atoms with Gasteiger partial charge in [-0.3, -0.25) is 0 Å². The van der Waals surface area contributed by atoms with Crippen LogP contribution in [-0.2, 0) is 9.84 Å². The fourth-order valence-corrected chi connectivity index (χ4v) is 1.53. The number of hydrogen-bond donors (Lipinski definition) is 1. The third-order valence-corrected chi connectivity index (χ3v) is 2.00. The van der Waals surface area contributed by atoms with Crippen molar-refractivity contribution in [2.75, 3.05) is 18.6 Å². The molecule has 1 aliphatic rings. The van der Waals surface area contributed by atoms with Gasteiger partial charge in [-0.2, -0.15) is 0 Å². The van der Waals surface area contributed by atoms with Crippen molar-refractivity contribution in [3.63, 3.8) is 0 Å². The summed E-state index contributed by atoms with van der Waals surface area (Å²) in [5, 5.41) is 2.91. The maximum atomic E-state index is 10.4. The molecule has 1 atom stereocenters. The van der Waals surface area contributed by atoms with Gasteiger partial charge in [0, 0.05) is 18.8 Å². The molecular weight excluding hydrogens is 126 g/mol. The molecule has 0 unspecified atom stereocenters. The third-order valence-electron chi connectivity index (χ3n) is 0.997. The van der Waals surface area contributed by atoms with E-state index in [-0.39, 0.29) is 6.04 Å². The average Bonchev–Trinajstić information content (AvgIpc) is 2.12. The van der Waals surface area contributed by atoms with Crippen molar-refractivity contribution in [2.24, 2.45) is 0 Å². The number of sulfone groups is 1. The summed E-state index contributed by atoms with van der Waals surface area (Å²) < 4.78 is 20.9. The van der Waals surface area contributed by atoms with Crippen LogP contribution in [0.2, 0.25) is 0 Å². The van der Waals surface area contributed by atoms with Gasteiger partial charge in [0.1, 0.15) is 9.84 Å². The predicted octanol–water partition coefficient (Wildman–Crippen LogP) is -0.997. The zero-order chi connectivity index (χ0) is 6.20. The molecule has 0 amide bonds. The van der Waals surface area contributed by atoms with Crippen molar-refractivity contribution in [3.05, 3.63) is 0 Å². The molecule has 0 aromatic carbocycles. The Hall–Kier alpha value is -0.0900. The van der Waals surface area contributed by atoms with E-state index in [0.29, 0.717) is 5.75 Å². The lowest BCUT2D eigenvalue weighted by atomic mass is 10.6. The van der Waals surface area contributed by atoms with Gasteiger partial charge < -0.3 is 5.32 Å². The molecule has 8 heavy (non-hydrogen) atoms. The van der Waals surface area contributed by atoms with Crippen molar-refractivity contribution in [3.8, 4) is 0 Å². The highest BCUT2D eigenvalue weighted by Gasteiger charge is 2.24. The van der Waals surface area contributed by atoms with Crippen LogP contribution in [0.4, 0.5) is 0 Å². The lowest BCUT2D eigenvalue weighted by Crippen LogP contribution is -2.10. The minimum Gasteiger partial charge on any atom is -0.310 e. The summed E-state index contributed by atoms with van der Waals surface area (Å²) >= 11 is 0. The minimum absolute atomic E-state index is 0.255. The van der Waals surface area contributed by atoms with Gasteiger partial charge in [-0.25, -0.2) is 8.42 Å². The largest absolute Gasteiger partial charge is 0.310 e. The molecule has 1 heterocycles. The first-order valence-corrected chi connectivity index (χ1v) is 4.55. The van der Waals surface area contributed by atoms with E-state index in [1.54, 1.807) is 0 Å². The van der Waals surface area contributed by atoms with Crippen LogP contribution in [0.1, 0.15) is 0 Å².